The van der Waals surface area contributed by atoms with Gasteiger partial charge in [-0.25, -0.2) is 0 Å². The van der Waals surface area contributed by atoms with Gasteiger partial charge in [-0.3, -0.25) is 10.1 Å². The molecule has 0 N–H and O–H groups in total. The van der Waals surface area contributed by atoms with Crippen LogP contribution < -0.4 is 0 Å². The maximum atomic E-state index is 10.5. The number of nitro benzene ring substituents is 1. The van der Waals surface area contributed by atoms with Crippen LogP contribution in [0, 0.1) is 10.1 Å². The summed E-state index contributed by atoms with van der Waals surface area (Å²) in [6.45, 7) is 1.74. The van der Waals surface area contributed by atoms with Crippen LogP contribution in [0.3, 0.4) is 0 Å². The molecular weight excluding hydrogens is 222 g/mol. The molecule has 7 heteroatoms. The maximum absolute atomic E-state index is 10.5. The van der Waals surface area contributed by atoms with Gasteiger partial charge in [0.05, 0.1) is 4.92 Å². The first-order valence-corrected chi connectivity index (χ1v) is 5.06. The van der Waals surface area contributed by atoms with Gasteiger partial charge in [-0.1, -0.05) is 17.2 Å². The lowest BCUT2D eigenvalue weighted by molar-refractivity contribution is -0.384. The van der Waals surface area contributed by atoms with Crippen molar-refractivity contribution < 1.29 is 4.92 Å². The van der Waals surface area contributed by atoms with Crippen LogP contribution >= 0.6 is 0 Å². The fourth-order valence-corrected chi connectivity index (χ4v) is 1.37. The molecule has 0 spiro atoms. The van der Waals surface area contributed by atoms with Gasteiger partial charge in [-0.2, -0.15) is 0 Å². The van der Waals surface area contributed by atoms with Gasteiger partial charge in [0, 0.05) is 36.7 Å². The molecule has 0 unspecified atom stereocenters. The van der Waals surface area contributed by atoms with Crippen LogP contribution in [-0.2, 0) is 6.54 Å². The lowest BCUT2D eigenvalue weighted by atomic mass is 10.2. The van der Waals surface area contributed by atoms with Crippen LogP contribution in [0.5, 0.6) is 0 Å². The summed E-state index contributed by atoms with van der Waals surface area (Å²) in [6, 6.07) is 6.41. The fraction of sp³-hybridized carbons (Fsp3) is 0.400. The second kappa shape index (κ2) is 6.47. The number of non-ortho nitro benzene ring substituents is 1. The van der Waals surface area contributed by atoms with E-state index in [0.717, 1.165) is 5.56 Å². The van der Waals surface area contributed by atoms with Crippen LogP contribution in [0.4, 0.5) is 5.69 Å². The summed E-state index contributed by atoms with van der Waals surface area (Å²) in [4.78, 5) is 14.7. The van der Waals surface area contributed by atoms with Crippen LogP contribution in [0.25, 0.3) is 10.4 Å². The summed E-state index contributed by atoms with van der Waals surface area (Å²) in [7, 11) is 1.90. The Hall–Kier alpha value is -2.11. The Morgan fingerprint density at radius 1 is 1.47 bits per heavy atom. The summed E-state index contributed by atoms with van der Waals surface area (Å²) in [5, 5.41) is 13.9. The van der Waals surface area contributed by atoms with Gasteiger partial charge < -0.3 is 4.90 Å². The molecule has 0 radical (unpaired) electrons. The molecule has 0 saturated heterocycles. The topological polar surface area (TPSA) is 95.1 Å². The summed E-state index contributed by atoms with van der Waals surface area (Å²) in [5.41, 5.74) is 9.20. The third-order valence-corrected chi connectivity index (χ3v) is 2.24. The summed E-state index contributed by atoms with van der Waals surface area (Å²) < 4.78 is 0. The third-order valence-electron chi connectivity index (χ3n) is 2.24. The number of nitrogens with zero attached hydrogens (tertiary/aromatic N) is 5. The Labute approximate surface area is 98.4 Å². The molecule has 0 aliphatic heterocycles. The third kappa shape index (κ3) is 4.50. The number of benzene rings is 1. The van der Waals surface area contributed by atoms with Gasteiger partial charge in [0.1, 0.15) is 0 Å². The van der Waals surface area contributed by atoms with Crippen LogP contribution in [0.15, 0.2) is 29.4 Å². The van der Waals surface area contributed by atoms with E-state index < -0.39 is 4.92 Å². The van der Waals surface area contributed by atoms with E-state index in [2.05, 4.69) is 10.0 Å². The summed E-state index contributed by atoms with van der Waals surface area (Å²) in [5.74, 6) is 0. The van der Waals surface area contributed by atoms with Crippen molar-refractivity contribution in [3.63, 3.8) is 0 Å². The highest BCUT2D eigenvalue weighted by Gasteiger charge is 2.05. The molecule has 7 nitrogen and oxygen atoms in total. The number of hydrogen-bond acceptors (Lipinski definition) is 4. The Bertz CT molecular complexity index is 425. The van der Waals surface area contributed by atoms with E-state index in [1.54, 1.807) is 12.1 Å². The second-order valence-electron chi connectivity index (χ2n) is 3.62. The predicted molar refractivity (Wildman–Crippen MR) is 63.4 cm³/mol. The summed E-state index contributed by atoms with van der Waals surface area (Å²) >= 11 is 0. The highest BCUT2D eigenvalue weighted by atomic mass is 16.6. The molecule has 1 aromatic carbocycles. The van der Waals surface area contributed by atoms with Crippen molar-refractivity contribution in [3.8, 4) is 0 Å². The molecular formula is C10H13N5O2. The average Bonchev–Trinajstić information content (AvgIpc) is 2.30. The van der Waals surface area contributed by atoms with Gasteiger partial charge >= 0.3 is 0 Å². The van der Waals surface area contributed by atoms with Crippen molar-refractivity contribution >= 4 is 5.69 Å². The normalized spacial score (nSPS) is 10.0. The number of likely N-dealkylation sites (N-methyl/N-ethyl adjacent to an activating group) is 1. The van der Waals surface area contributed by atoms with Crippen LogP contribution in [0.2, 0.25) is 0 Å². The average molecular weight is 235 g/mol. The molecule has 1 aromatic rings. The first-order valence-electron chi connectivity index (χ1n) is 5.06. The highest BCUT2D eigenvalue weighted by molar-refractivity contribution is 5.32. The first kappa shape index (κ1) is 13.0. The number of rotatable bonds is 6. The SMILES string of the molecule is CN(CCN=[N+]=[N-])Cc1ccc([N+](=O)[O-])cc1. The zero-order valence-corrected chi connectivity index (χ0v) is 9.48. The highest BCUT2D eigenvalue weighted by Crippen LogP contribution is 2.12. The molecule has 17 heavy (non-hydrogen) atoms. The molecule has 0 amide bonds. The van der Waals surface area contributed by atoms with Crippen molar-refractivity contribution in [3.05, 3.63) is 50.4 Å². The molecule has 0 atom stereocenters. The number of azide groups is 1. The van der Waals surface area contributed by atoms with E-state index in [4.69, 9.17) is 5.53 Å². The van der Waals surface area contributed by atoms with Crippen molar-refractivity contribution in [2.45, 2.75) is 6.54 Å². The summed E-state index contributed by atoms with van der Waals surface area (Å²) in [6.07, 6.45) is 0. The largest absolute Gasteiger partial charge is 0.302 e. The quantitative estimate of drug-likeness (QED) is 0.249. The van der Waals surface area contributed by atoms with E-state index in [-0.39, 0.29) is 5.69 Å². The lowest BCUT2D eigenvalue weighted by Gasteiger charge is -2.14. The first-order chi connectivity index (χ1) is 8.13. The molecule has 0 bridgehead atoms. The van der Waals surface area contributed by atoms with E-state index in [0.29, 0.717) is 19.6 Å². The van der Waals surface area contributed by atoms with Crippen LogP contribution in [0.1, 0.15) is 5.56 Å². The number of nitro groups is 1. The molecule has 0 aliphatic carbocycles. The number of hydrogen-bond donors (Lipinski definition) is 0. The second-order valence-corrected chi connectivity index (χ2v) is 3.62. The zero-order chi connectivity index (χ0) is 12.7. The van der Waals surface area contributed by atoms with Crippen LogP contribution in [-0.4, -0.2) is 30.0 Å². The standard InChI is InChI=1S/C10H13N5O2/c1-14(7-6-12-13-11)8-9-2-4-10(5-3-9)15(16)17/h2-5H,6-8H2,1H3. The van der Waals surface area contributed by atoms with Crippen molar-refractivity contribution in [2.24, 2.45) is 5.11 Å². The minimum atomic E-state index is -0.422. The van der Waals surface area contributed by atoms with Gasteiger partial charge in [0.15, 0.2) is 0 Å². The maximum Gasteiger partial charge on any atom is 0.269 e. The molecule has 0 saturated carbocycles. The van der Waals surface area contributed by atoms with E-state index in [1.165, 1.54) is 12.1 Å². The Morgan fingerprint density at radius 3 is 2.65 bits per heavy atom. The van der Waals surface area contributed by atoms with Gasteiger partial charge in [0.2, 0.25) is 0 Å². The van der Waals surface area contributed by atoms with E-state index in [9.17, 15) is 10.1 Å². The lowest BCUT2D eigenvalue weighted by Crippen LogP contribution is -2.20. The van der Waals surface area contributed by atoms with Crippen molar-refractivity contribution in [1.82, 2.24) is 4.90 Å². The molecule has 0 aromatic heterocycles. The van der Waals surface area contributed by atoms with Crippen molar-refractivity contribution in [1.29, 1.82) is 0 Å². The smallest absolute Gasteiger partial charge is 0.269 e. The molecule has 1 rings (SSSR count). The predicted octanol–water partition coefficient (Wildman–Crippen LogP) is 2.34. The molecule has 0 fully saturated rings. The monoisotopic (exact) mass is 235 g/mol. The fourth-order valence-electron chi connectivity index (χ4n) is 1.37. The Kier molecular flexibility index (Phi) is 4.93. The minimum Gasteiger partial charge on any atom is -0.302 e. The van der Waals surface area contributed by atoms with Gasteiger partial charge in [-0.05, 0) is 18.1 Å². The van der Waals surface area contributed by atoms with Gasteiger partial charge in [-0.15, -0.1) is 0 Å². The minimum absolute atomic E-state index is 0.0884. The Morgan fingerprint density at radius 2 is 2.12 bits per heavy atom. The molecule has 0 aliphatic rings. The Balaban J connectivity index is 2.50. The molecule has 90 valence electrons. The van der Waals surface area contributed by atoms with Crippen molar-refractivity contribution in [2.75, 3.05) is 20.1 Å². The molecule has 0 heterocycles. The zero-order valence-electron chi connectivity index (χ0n) is 9.48. The van der Waals surface area contributed by atoms with E-state index in [1.807, 2.05) is 11.9 Å². The van der Waals surface area contributed by atoms with E-state index >= 15 is 0 Å². The van der Waals surface area contributed by atoms with Gasteiger partial charge in [0.25, 0.3) is 5.69 Å².